The zero-order valence-electron chi connectivity index (χ0n) is 9.34. The normalized spacial score (nSPS) is 10.1. The van der Waals surface area contributed by atoms with Crippen molar-refractivity contribution < 1.29 is 14.7 Å². The summed E-state index contributed by atoms with van der Waals surface area (Å²) in [4.78, 5) is 30.0. The van der Waals surface area contributed by atoms with Crippen LogP contribution in [0.15, 0.2) is 18.2 Å². The van der Waals surface area contributed by atoms with Crippen molar-refractivity contribution in [1.29, 1.82) is 0 Å². The molecule has 0 spiro atoms. The molecule has 2 aromatic rings. The lowest BCUT2D eigenvalue weighted by molar-refractivity contribution is 0.0690. The summed E-state index contributed by atoms with van der Waals surface area (Å²) in [5.41, 5.74) is -0.154. The number of carboxylic acids is 1. The number of carboxylic acid groups (broad SMARTS) is 1. The van der Waals surface area contributed by atoms with Crippen LogP contribution < -0.4 is 5.32 Å². The van der Waals surface area contributed by atoms with Gasteiger partial charge in [0.15, 0.2) is 5.69 Å². The minimum absolute atomic E-state index is 0.0324. The van der Waals surface area contributed by atoms with E-state index in [1.807, 2.05) is 0 Å². The highest BCUT2D eigenvalue weighted by atomic mass is 16.4. The lowest BCUT2D eigenvalue weighted by atomic mass is 10.3. The summed E-state index contributed by atoms with van der Waals surface area (Å²) in [5.74, 6) is -1.13. The van der Waals surface area contributed by atoms with E-state index in [9.17, 15) is 9.59 Å². The number of anilines is 1. The minimum atomic E-state index is -1.17. The Morgan fingerprint density at radius 2 is 2.11 bits per heavy atom. The molecule has 0 fully saturated rings. The smallest absolute Gasteiger partial charge is 0.354 e. The molecule has 0 saturated heterocycles. The van der Waals surface area contributed by atoms with Gasteiger partial charge in [0.1, 0.15) is 11.6 Å². The topological polar surface area (TPSA) is 121 Å². The lowest BCUT2D eigenvalue weighted by Crippen LogP contribution is -2.15. The number of aromatic nitrogens is 4. The number of nitrogens with zero attached hydrogens (tertiary/aromatic N) is 3. The van der Waals surface area contributed by atoms with Gasteiger partial charge in [-0.1, -0.05) is 6.07 Å². The number of aryl methyl sites for hydroxylation is 1. The van der Waals surface area contributed by atoms with Crippen molar-refractivity contribution in [2.45, 2.75) is 6.92 Å². The first-order chi connectivity index (χ1) is 8.56. The van der Waals surface area contributed by atoms with Crippen molar-refractivity contribution in [1.82, 2.24) is 20.2 Å². The number of hydrogen-bond donors (Lipinski definition) is 3. The van der Waals surface area contributed by atoms with Crippen LogP contribution in [-0.4, -0.2) is 37.1 Å². The fourth-order valence-electron chi connectivity index (χ4n) is 1.24. The molecule has 0 atom stereocenters. The Labute approximate surface area is 101 Å². The standard InChI is InChI=1S/C10H9N5O3/c1-5-11-8(15-14-5)9(16)13-7-4-2-3-6(12-7)10(17)18/h2-4H,1H3,(H,17,18)(H,11,14,15)(H,12,13,16). The molecule has 0 unspecified atom stereocenters. The van der Waals surface area contributed by atoms with Crippen LogP contribution in [0, 0.1) is 6.92 Å². The molecular formula is C10H9N5O3. The van der Waals surface area contributed by atoms with E-state index in [2.05, 4.69) is 25.5 Å². The third-order valence-electron chi connectivity index (χ3n) is 2.01. The Kier molecular flexibility index (Phi) is 3.00. The number of carbonyl (C=O) groups is 2. The molecule has 2 rings (SSSR count). The second kappa shape index (κ2) is 4.62. The summed E-state index contributed by atoms with van der Waals surface area (Å²) in [6.07, 6.45) is 0. The number of rotatable bonds is 3. The van der Waals surface area contributed by atoms with Gasteiger partial charge < -0.3 is 10.4 Å². The van der Waals surface area contributed by atoms with E-state index in [0.29, 0.717) is 5.82 Å². The zero-order valence-corrected chi connectivity index (χ0v) is 9.34. The second-order valence-electron chi connectivity index (χ2n) is 3.41. The number of carbonyl (C=O) groups excluding carboxylic acids is 1. The number of aromatic amines is 1. The number of H-pyrrole nitrogens is 1. The van der Waals surface area contributed by atoms with E-state index < -0.39 is 11.9 Å². The molecular weight excluding hydrogens is 238 g/mol. The molecule has 1 amide bonds. The van der Waals surface area contributed by atoms with Crippen molar-refractivity contribution in [3.05, 3.63) is 35.5 Å². The molecule has 8 nitrogen and oxygen atoms in total. The maximum atomic E-state index is 11.7. The van der Waals surface area contributed by atoms with Gasteiger partial charge in [0, 0.05) is 0 Å². The molecule has 0 aliphatic heterocycles. The van der Waals surface area contributed by atoms with Crippen molar-refractivity contribution in [2.75, 3.05) is 5.32 Å². The molecule has 2 heterocycles. The predicted octanol–water partition coefficient (Wildman–Crippen LogP) is 0.459. The Balaban J connectivity index is 2.16. The predicted molar refractivity (Wildman–Crippen MR) is 60.3 cm³/mol. The van der Waals surface area contributed by atoms with E-state index in [4.69, 9.17) is 5.11 Å². The third-order valence-corrected chi connectivity index (χ3v) is 2.01. The van der Waals surface area contributed by atoms with Gasteiger partial charge >= 0.3 is 5.97 Å². The largest absolute Gasteiger partial charge is 0.477 e. The first kappa shape index (κ1) is 11.7. The molecule has 3 N–H and O–H groups in total. The highest BCUT2D eigenvalue weighted by Gasteiger charge is 2.13. The van der Waals surface area contributed by atoms with Crippen molar-refractivity contribution in [2.24, 2.45) is 0 Å². The number of aromatic carboxylic acids is 1. The molecule has 0 saturated carbocycles. The van der Waals surface area contributed by atoms with Crippen LogP contribution in [0.1, 0.15) is 26.9 Å². The highest BCUT2D eigenvalue weighted by molar-refractivity contribution is 6.01. The van der Waals surface area contributed by atoms with Gasteiger partial charge in [-0.05, 0) is 19.1 Å². The van der Waals surface area contributed by atoms with Crippen LogP contribution in [0.5, 0.6) is 0 Å². The van der Waals surface area contributed by atoms with Gasteiger partial charge in [-0.25, -0.2) is 14.8 Å². The SMILES string of the molecule is Cc1nc(C(=O)Nc2cccc(C(=O)O)n2)n[nH]1. The lowest BCUT2D eigenvalue weighted by Gasteiger charge is -2.02. The van der Waals surface area contributed by atoms with Crippen LogP contribution in [-0.2, 0) is 0 Å². The summed E-state index contributed by atoms with van der Waals surface area (Å²) in [5, 5.41) is 17.4. The Bertz CT molecular complexity index is 607. The fraction of sp³-hybridized carbons (Fsp3) is 0.100. The molecule has 92 valence electrons. The van der Waals surface area contributed by atoms with Crippen LogP contribution >= 0.6 is 0 Å². The van der Waals surface area contributed by atoms with Crippen LogP contribution in [0.4, 0.5) is 5.82 Å². The van der Waals surface area contributed by atoms with Crippen LogP contribution in [0.3, 0.4) is 0 Å². The summed E-state index contributed by atoms with van der Waals surface area (Å²) >= 11 is 0. The summed E-state index contributed by atoms with van der Waals surface area (Å²) < 4.78 is 0. The van der Waals surface area contributed by atoms with Crippen molar-refractivity contribution >= 4 is 17.7 Å². The average Bonchev–Trinajstić information content (AvgIpc) is 2.76. The molecule has 8 heteroatoms. The summed E-state index contributed by atoms with van der Waals surface area (Å²) in [6.45, 7) is 1.66. The van der Waals surface area contributed by atoms with Gasteiger partial charge in [-0.3, -0.25) is 9.89 Å². The first-order valence-electron chi connectivity index (χ1n) is 4.97. The van der Waals surface area contributed by atoms with Gasteiger partial charge in [0.2, 0.25) is 5.82 Å². The molecule has 18 heavy (non-hydrogen) atoms. The average molecular weight is 247 g/mol. The van der Waals surface area contributed by atoms with Gasteiger partial charge in [-0.2, -0.15) is 0 Å². The number of pyridine rings is 1. The van der Waals surface area contributed by atoms with E-state index in [1.54, 1.807) is 6.92 Å². The molecule has 0 aromatic carbocycles. The monoisotopic (exact) mass is 247 g/mol. The van der Waals surface area contributed by atoms with Crippen molar-refractivity contribution in [3.63, 3.8) is 0 Å². The van der Waals surface area contributed by atoms with E-state index in [0.717, 1.165) is 0 Å². The van der Waals surface area contributed by atoms with Gasteiger partial charge in [0.05, 0.1) is 0 Å². The maximum Gasteiger partial charge on any atom is 0.354 e. The molecule has 0 aliphatic carbocycles. The zero-order chi connectivity index (χ0) is 13.1. The Morgan fingerprint density at radius 3 is 2.72 bits per heavy atom. The highest BCUT2D eigenvalue weighted by Crippen LogP contribution is 2.06. The van der Waals surface area contributed by atoms with E-state index in [1.165, 1.54) is 18.2 Å². The van der Waals surface area contributed by atoms with E-state index >= 15 is 0 Å². The number of hydrogen-bond acceptors (Lipinski definition) is 5. The minimum Gasteiger partial charge on any atom is -0.477 e. The Hall–Kier alpha value is -2.77. The number of nitrogens with one attached hydrogen (secondary N) is 2. The maximum absolute atomic E-state index is 11.7. The van der Waals surface area contributed by atoms with Crippen LogP contribution in [0.2, 0.25) is 0 Å². The molecule has 2 aromatic heterocycles. The third kappa shape index (κ3) is 2.48. The molecule has 0 aliphatic rings. The van der Waals surface area contributed by atoms with Crippen molar-refractivity contribution in [3.8, 4) is 0 Å². The quantitative estimate of drug-likeness (QED) is 0.724. The van der Waals surface area contributed by atoms with Gasteiger partial charge in [-0.15, -0.1) is 5.10 Å². The van der Waals surface area contributed by atoms with Gasteiger partial charge in [0.25, 0.3) is 5.91 Å². The Morgan fingerprint density at radius 1 is 1.33 bits per heavy atom. The van der Waals surface area contributed by atoms with Crippen LogP contribution in [0.25, 0.3) is 0 Å². The second-order valence-corrected chi connectivity index (χ2v) is 3.41. The molecule has 0 bridgehead atoms. The first-order valence-corrected chi connectivity index (χ1v) is 4.97. The summed E-state index contributed by atoms with van der Waals surface area (Å²) in [6, 6.07) is 4.29. The fourth-order valence-corrected chi connectivity index (χ4v) is 1.24. The number of amides is 1. The summed E-state index contributed by atoms with van der Waals surface area (Å²) in [7, 11) is 0. The van der Waals surface area contributed by atoms with E-state index in [-0.39, 0.29) is 17.3 Å². The molecule has 0 radical (unpaired) electrons.